The van der Waals surface area contributed by atoms with Gasteiger partial charge in [0.15, 0.2) is 0 Å². The number of benzene rings is 2. The number of aliphatic hydroxyl groups excluding tert-OH is 1. The van der Waals surface area contributed by atoms with Crippen LogP contribution in [0.25, 0.3) is 11.8 Å². The number of hydrogen-bond donors (Lipinski definition) is 1. The summed E-state index contributed by atoms with van der Waals surface area (Å²) in [6.45, 7) is 0. The summed E-state index contributed by atoms with van der Waals surface area (Å²) in [6.07, 6.45) is 1.68. The van der Waals surface area contributed by atoms with Gasteiger partial charge in [-0.05, 0) is 35.5 Å². The van der Waals surface area contributed by atoms with Crippen molar-refractivity contribution < 1.29 is 14.7 Å². The molecule has 0 aromatic heterocycles. The first-order valence-electron chi connectivity index (χ1n) is 7.72. The molecule has 5 heteroatoms. The predicted molar refractivity (Wildman–Crippen MR) is 102 cm³/mol. The Labute approximate surface area is 150 Å². The van der Waals surface area contributed by atoms with Crippen LogP contribution in [0.15, 0.2) is 65.1 Å². The van der Waals surface area contributed by atoms with Crippen molar-refractivity contribution in [1.82, 2.24) is 0 Å². The zero-order chi connectivity index (χ0) is 18.0. The van der Waals surface area contributed by atoms with Crippen molar-refractivity contribution >= 4 is 40.2 Å². The van der Waals surface area contributed by atoms with Gasteiger partial charge in [-0.2, -0.15) is 0 Å². The lowest BCUT2D eigenvalue weighted by molar-refractivity contribution is -0.114. The van der Waals surface area contributed by atoms with Crippen molar-refractivity contribution in [2.75, 3.05) is 19.0 Å². The van der Waals surface area contributed by atoms with Crippen LogP contribution in [-0.2, 0) is 9.59 Å². The molecule has 1 N–H and O–H groups in total. The molecule has 0 bridgehead atoms. The lowest BCUT2D eigenvalue weighted by atomic mass is 10.0. The van der Waals surface area contributed by atoms with Crippen LogP contribution in [0.3, 0.4) is 0 Å². The smallest absolute Gasteiger partial charge is 0.232 e. The van der Waals surface area contributed by atoms with Crippen LogP contribution in [0.5, 0.6) is 0 Å². The van der Waals surface area contributed by atoms with Gasteiger partial charge in [0.25, 0.3) is 0 Å². The quantitative estimate of drug-likeness (QED) is 0.516. The van der Waals surface area contributed by atoms with E-state index in [1.165, 1.54) is 0 Å². The molecule has 4 nitrogen and oxygen atoms in total. The summed E-state index contributed by atoms with van der Waals surface area (Å²) in [4.78, 5) is 27.1. The third-order valence-corrected chi connectivity index (χ3v) is 4.76. The van der Waals surface area contributed by atoms with Crippen LogP contribution >= 0.6 is 11.8 Å². The average Bonchev–Trinajstić information content (AvgIpc) is 2.89. The number of carbonyl (C=O) groups excluding carboxylic acids is 2. The minimum Gasteiger partial charge on any atom is -0.506 e. The first-order chi connectivity index (χ1) is 12.0. The second-order valence-corrected chi connectivity index (χ2v) is 6.82. The first kappa shape index (κ1) is 17.0. The van der Waals surface area contributed by atoms with Crippen LogP contribution in [-0.4, -0.2) is 30.1 Å². The topological polar surface area (TPSA) is 57.6 Å². The number of hydrogen-bond acceptors (Lipinski definition) is 5. The summed E-state index contributed by atoms with van der Waals surface area (Å²) in [6, 6.07) is 16.3. The Kier molecular flexibility index (Phi) is 4.76. The molecule has 1 heterocycles. The van der Waals surface area contributed by atoms with Gasteiger partial charge < -0.3 is 10.0 Å². The molecule has 0 aliphatic carbocycles. The highest BCUT2D eigenvalue weighted by Crippen LogP contribution is 2.37. The van der Waals surface area contributed by atoms with E-state index in [4.69, 9.17) is 0 Å². The largest absolute Gasteiger partial charge is 0.506 e. The van der Waals surface area contributed by atoms with Crippen molar-refractivity contribution in [2.45, 2.75) is 0 Å². The summed E-state index contributed by atoms with van der Waals surface area (Å²) >= 11 is 0.854. The maximum Gasteiger partial charge on any atom is 0.232 e. The lowest BCUT2D eigenvalue weighted by Crippen LogP contribution is -2.08. The fourth-order valence-electron chi connectivity index (χ4n) is 2.47. The molecule has 1 fully saturated rings. The van der Waals surface area contributed by atoms with E-state index in [9.17, 15) is 14.7 Å². The van der Waals surface area contributed by atoms with Crippen LogP contribution in [0.2, 0.25) is 0 Å². The zero-order valence-electron chi connectivity index (χ0n) is 13.9. The van der Waals surface area contributed by atoms with Gasteiger partial charge in [0.2, 0.25) is 10.9 Å². The third kappa shape index (κ3) is 3.51. The van der Waals surface area contributed by atoms with E-state index in [1.54, 1.807) is 36.4 Å². The molecule has 0 amide bonds. The highest BCUT2D eigenvalue weighted by molar-refractivity contribution is 8.19. The monoisotopic (exact) mass is 351 g/mol. The minimum atomic E-state index is -0.437. The average molecular weight is 351 g/mol. The van der Waals surface area contributed by atoms with Gasteiger partial charge in [-0.3, -0.25) is 9.59 Å². The van der Waals surface area contributed by atoms with Gasteiger partial charge in [-0.25, -0.2) is 0 Å². The van der Waals surface area contributed by atoms with E-state index in [2.05, 4.69) is 0 Å². The Morgan fingerprint density at radius 1 is 1.00 bits per heavy atom. The van der Waals surface area contributed by atoms with Gasteiger partial charge >= 0.3 is 0 Å². The fraction of sp³-hybridized carbons (Fsp3) is 0.100. The van der Waals surface area contributed by atoms with E-state index >= 15 is 0 Å². The van der Waals surface area contributed by atoms with Crippen molar-refractivity contribution in [3.05, 3.63) is 76.2 Å². The highest BCUT2D eigenvalue weighted by Gasteiger charge is 2.35. The molecule has 0 radical (unpaired) electrons. The molecule has 1 aliphatic heterocycles. The maximum atomic E-state index is 12.6. The molecule has 1 aliphatic rings. The molecule has 3 rings (SSSR count). The number of thioether (sulfide) groups is 1. The Bertz CT molecular complexity index is 881. The van der Waals surface area contributed by atoms with E-state index in [1.807, 2.05) is 43.3 Å². The summed E-state index contributed by atoms with van der Waals surface area (Å²) in [5, 5.41) is 9.91. The number of nitrogens with zero attached hydrogens (tertiary/aromatic N) is 1. The normalized spacial score (nSPS) is 17.9. The van der Waals surface area contributed by atoms with E-state index in [0.29, 0.717) is 10.5 Å². The van der Waals surface area contributed by atoms with Crippen LogP contribution in [0, 0.1) is 0 Å². The molecule has 0 unspecified atom stereocenters. The number of carbonyl (C=O) groups is 2. The SMILES string of the molecule is CN(C)c1ccc(/C=C2\SC(=O)/C(=C(\O)c3ccccc3)C2=O)cc1. The van der Waals surface area contributed by atoms with E-state index in [0.717, 1.165) is 23.0 Å². The van der Waals surface area contributed by atoms with E-state index in [-0.39, 0.29) is 11.3 Å². The van der Waals surface area contributed by atoms with Crippen molar-refractivity contribution in [2.24, 2.45) is 0 Å². The molecule has 0 spiro atoms. The molecule has 25 heavy (non-hydrogen) atoms. The second kappa shape index (κ2) is 6.99. The Morgan fingerprint density at radius 3 is 2.24 bits per heavy atom. The number of anilines is 1. The van der Waals surface area contributed by atoms with Crippen LogP contribution in [0.4, 0.5) is 5.69 Å². The number of ketones is 1. The van der Waals surface area contributed by atoms with Crippen molar-refractivity contribution in [3.63, 3.8) is 0 Å². The van der Waals surface area contributed by atoms with Gasteiger partial charge in [0.1, 0.15) is 11.3 Å². The number of rotatable bonds is 3. The number of allylic oxidation sites excluding steroid dienone is 1. The Morgan fingerprint density at radius 2 is 1.64 bits per heavy atom. The summed E-state index contributed by atoms with van der Waals surface area (Å²) in [5.74, 6) is -0.706. The summed E-state index contributed by atoms with van der Waals surface area (Å²) < 4.78 is 0. The van der Waals surface area contributed by atoms with Gasteiger partial charge in [0, 0.05) is 25.3 Å². The molecule has 2 aromatic carbocycles. The van der Waals surface area contributed by atoms with Gasteiger partial charge in [0.05, 0.1) is 4.91 Å². The predicted octanol–water partition coefficient (Wildman–Crippen LogP) is 3.91. The minimum absolute atomic E-state index is 0.160. The molecular formula is C20H17NO3S. The fourth-order valence-corrected chi connectivity index (χ4v) is 3.35. The third-order valence-electron chi connectivity index (χ3n) is 3.85. The Balaban J connectivity index is 1.93. The molecule has 2 aromatic rings. The zero-order valence-corrected chi connectivity index (χ0v) is 14.7. The van der Waals surface area contributed by atoms with Crippen LogP contribution < -0.4 is 4.90 Å². The number of Topliss-reactive ketones (excluding diaryl/α,β-unsaturated/α-hetero) is 1. The molecule has 0 saturated carbocycles. The Hall–Kier alpha value is -2.79. The van der Waals surface area contributed by atoms with Crippen molar-refractivity contribution in [3.8, 4) is 0 Å². The molecule has 126 valence electrons. The van der Waals surface area contributed by atoms with Gasteiger partial charge in [-0.15, -0.1) is 0 Å². The first-order valence-corrected chi connectivity index (χ1v) is 8.53. The molecule has 1 saturated heterocycles. The van der Waals surface area contributed by atoms with E-state index < -0.39 is 10.9 Å². The second-order valence-electron chi connectivity index (χ2n) is 5.80. The molecule has 0 atom stereocenters. The molecular weight excluding hydrogens is 334 g/mol. The van der Waals surface area contributed by atoms with Crippen molar-refractivity contribution in [1.29, 1.82) is 0 Å². The van der Waals surface area contributed by atoms with Gasteiger partial charge in [-0.1, -0.05) is 42.5 Å². The standard InChI is InChI=1S/C20H17NO3S/c1-21(2)15-10-8-13(9-11-15)12-16-19(23)17(20(24)25-16)18(22)14-6-4-3-5-7-14/h3-12,22H,1-2H3/b16-12-,18-17-. The summed E-state index contributed by atoms with van der Waals surface area (Å²) in [7, 11) is 3.90. The number of aliphatic hydroxyl groups is 1. The maximum absolute atomic E-state index is 12.6. The lowest BCUT2D eigenvalue weighted by Gasteiger charge is -2.11. The summed E-state index contributed by atoms with van der Waals surface area (Å²) in [5.41, 5.74) is 2.17. The van der Waals surface area contributed by atoms with Crippen LogP contribution in [0.1, 0.15) is 11.1 Å². The highest BCUT2D eigenvalue weighted by atomic mass is 32.2.